The van der Waals surface area contributed by atoms with E-state index in [4.69, 9.17) is 14.3 Å². The zero-order chi connectivity index (χ0) is 13.4. The highest BCUT2D eigenvalue weighted by Crippen LogP contribution is 2.23. The molecular weight excluding hydrogens is 234 g/mol. The van der Waals surface area contributed by atoms with Crippen LogP contribution in [0, 0.1) is 0 Å². The molecule has 6 nitrogen and oxygen atoms in total. The summed E-state index contributed by atoms with van der Waals surface area (Å²) in [5.74, 6) is 1.76. The van der Waals surface area contributed by atoms with Crippen LogP contribution >= 0.6 is 0 Å². The Labute approximate surface area is 104 Å². The van der Waals surface area contributed by atoms with Crippen molar-refractivity contribution in [3.8, 4) is 11.6 Å². The van der Waals surface area contributed by atoms with Crippen molar-refractivity contribution in [3.63, 3.8) is 0 Å². The largest absolute Gasteiger partial charge is 0.436 e. The lowest BCUT2D eigenvalue weighted by Gasteiger charge is -2.07. The number of nitrogens with one attached hydrogen (secondary N) is 1. The molecule has 1 aromatic heterocycles. The van der Waals surface area contributed by atoms with Crippen LogP contribution in [0.1, 0.15) is 25.3 Å². The number of nitrogens with zero attached hydrogens (tertiary/aromatic N) is 2. The minimum Gasteiger partial charge on any atom is -0.436 e. The summed E-state index contributed by atoms with van der Waals surface area (Å²) >= 11 is 0. The van der Waals surface area contributed by atoms with Gasteiger partial charge >= 0.3 is 6.15 Å². The highest BCUT2D eigenvalue weighted by atomic mass is 16.5. The lowest BCUT2D eigenvalue weighted by Crippen LogP contribution is -1.89. The molecule has 1 N–H and O–H groups in total. The van der Waals surface area contributed by atoms with Crippen LogP contribution in [0.3, 0.4) is 0 Å². The Morgan fingerprint density at radius 2 is 2.06 bits per heavy atom. The third kappa shape index (κ3) is 4.19. The lowest BCUT2D eigenvalue weighted by molar-refractivity contribution is -0.191. The van der Waals surface area contributed by atoms with E-state index in [1.165, 1.54) is 5.56 Å². The number of ether oxygens (including phenoxy) is 1. The highest BCUT2D eigenvalue weighted by molar-refractivity contribution is 5.32. The molecule has 0 fully saturated rings. The fourth-order valence-corrected chi connectivity index (χ4v) is 1.30. The Morgan fingerprint density at radius 1 is 1.33 bits per heavy atom. The third-order valence-corrected chi connectivity index (χ3v) is 2.14. The Hall–Kier alpha value is -2.46. The van der Waals surface area contributed by atoms with Gasteiger partial charge in [-0.1, -0.05) is 26.0 Å². The number of aromatic nitrogens is 3. The van der Waals surface area contributed by atoms with E-state index in [-0.39, 0.29) is 6.15 Å². The summed E-state index contributed by atoms with van der Waals surface area (Å²) in [7, 11) is 0. The molecule has 0 bridgehead atoms. The minimum atomic E-state index is 0.250. The second-order valence-electron chi connectivity index (χ2n) is 3.72. The molecule has 0 aliphatic heterocycles. The molecule has 0 saturated carbocycles. The maximum Gasteiger partial charge on any atom is 0.373 e. The number of rotatable bonds is 3. The Morgan fingerprint density at radius 3 is 2.61 bits per heavy atom. The van der Waals surface area contributed by atoms with Crippen molar-refractivity contribution in [2.24, 2.45) is 0 Å². The number of benzene rings is 1. The fraction of sp³-hybridized carbons (Fsp3) is 0.250. The Balaban J connectivity index is 0.000000492. The van der Waals surface area contributed by atoms with Gasteiger partial charge in [0.25, 0.3) is 5.88 Å². The average molecular weight is 247 g/mol. The molecule has 18 heavy (non-hydrogen) atoms. The molecule has 0 aliphatic rings. The quantitative estimate of drug-likeness (QED) is 0.898. The second kappa shape index (κ2) is 6.98. The third-order valence-electron chi connectivity index (χ3n) is 2.14. The number of hydrogen-bond acceptors (Lipinski definition) is 5. The molecule has 0 saturated heterocycles. The molecule has 0 spiro atoms. The fourth-order valence-electron chi connectivity index (χ4n) is 1.30. The van der Waals surface area contributed by atoms with Crippen LogP contribution in [0.5, 0.6) is 11.6 Å². The molecule has 2 rings (SSSR count). The molecule has 0 amide bonds. The van der Waals surface area contributed by atoms with Gasteiger partial charge in [0, 0.05) is 0 Å². The molecule has 94 valence electrons. The second-order valence-corrected chi connectivity index (χ2v) is 3.72. The molecule has 2 aromatic rings. The normalized spacial score (nSPS) is 9.28. The van der Waals surface area contributed by atoms with Gasteiger partial charge in [-0.2, -0.15) is 19.9 Å². The number of aromatic amines is 1. The molecule has 0 aliphatic carbocycles. The average Bonchev–Trinajstić information content (AvgIpc) is 2.83. The van der Waals surface area contributed by atoms with Gasteiger partial charge in [-0.25, -0.2) is 0 Å². The maximum atomic E-state index is 8.12. The van der Waals surface area contributed by atoms with E-state index in [0.717, 1.165) is 5.75 Å². The van der Waals surface area contributed by atoms with E-state index in [1.54, 1.807) is 6.20 Å². The van der Waals surface area contributed by atoms with Gasteiger partial charge in [-0.3, -0.25) is 0 Å². The molecule has 0 unspecified atom stereocenters. The van der Waals surface area contributed by atoms with Crippen LogP contribution in [-0.4, -0.2) is 21.6 Å². The van der Waals surface area contributed by atoms with Crippen LogP contribution in [-0.2, 0) is 9.59 Å². The first-order chi connectivity index (χ1) is 8.67. The number of carbonyl (C=O) groups excluding carboxylic acids is 2. The van der Waals surface area contributed by atoms with E-state index in [0.29, 0.717) is 11.8 Å². The van der Waals surface area contributed by atoms with Gasteiger partial charge in [0.2, 0.25) is 0 Å². The van der Waals surface area contributed by atoms with Gasteiger partial charge in [-0.05, 0) is 23.6 Å². The SMILES string of the molecule is CC(C)c1cccc(Oc2cn[nH]n2)c1.O=C=O. The first kappa shape index (κ1) is 13.6. The van der Waals surface area contributed by atoms with Crippen LogP contribution in [0.15, 0.2) is 30.5 Å². The zero-order valence-electron chi connectivity index (χ0n) is 10.1. The Bertz CT molecular complexity index is 503. The minimum absolute atomic E-state index is 0.250. The first-order valence-electron chi connectivity index (χ1n) is 5.30. The predicted molar refractivity (Wildman–Crippen MR) is 62.0 cm³/mol. The number of hydrogen-bond donors (Lipinski definition) is 1. The zero-order valence-corrected chi connectivity index (χ0v) is 10.1. The standard InChI is InChI=1S/C11H13N3O.CO2/c1-8(2)9-4-3-5-10(6-9)15-11-7-12-14-13-11;2-1-3/h3-8H,1-2H3,(H,12,13,14);. The van der Waals surface area contributed by atoms with Crippen molar-refractivity contribution < 1.29 is 14.3 Å². The van der Waals surface area contributed by atoms with E-state index >= 15 is 0 Å². The van der Waals surface area contributed by atoms with Gasteiger partial charge < -0.3 is 4.74 Å². The smallest absolute Gasteiger partial charge is 0.373 e. The molecule has 0 radical (unpaired) electrons. The van der Waals surface area contributed by atoms with Crippen LogP contribution in [0.25, 0.3) is 0 Å². The first-order valence-corrected chi connectivity index (χ1v) is 5.30. The maximum absolute atomic E-state index is 8.12. The van der Waals surface area contributed by atoms with Crippen molar-refractivity contribution in [1.29, 1.82) is 0 Å². The van der Waals surface area contributed by atoms with E-state index < -0.39 is 0 Å². The summed E-state index contributed by atoms with van der Waals surface area (Å²) in [4.78, 5) is 16.2. The van der Waals surface area contributed by atoms with Crippen molar-refractivity contribution in [2.75, 3.05) is 0 Å². The van der Waals surface area contributed by atoms with Gasteiger partial charge in [0.05, 0.1) is 0 Å². The summed E-state index contributed by atoms with van der Waals surface area (Å²) in [5.41, 5.74) is 1.25. The summed E-state index contributed by atoms with van der Waals surface area (Å²) < 4.78 is 5.50. The summed E-state index contributed by atoms with van der Waals surface area (Å²) in [6.07, 6.45) is 1.79. The topological polar surface area (TPSA) is 84.9 Å². The number of H-pyrrole nitrogens is 1. The molecule has 1 aromatic carbocycles. The highest BCUT2D eigenvalue weighted by Gasteiger charge is 2.03. The molecule has 0 atom stereocenters. The lowest BCUT2D eigenvalue weighted by atomic mass is 10.0. The van der Waals surface area contributed by atoms with Crippen molar-refractivity contribution >= 4 is 6.15 Å². The summed E-state index contributed by atoms with van der Waals surface area (Å²) in [6, 6.07) is 7.98. The van der Waals surface area contributed by atoms with Crippen LogP contribution in [0.2, 0.25) is 0 Å². The monoisotopic (exact) mass is 247 g/mol. The van der Waals surface area contributed by atoms with Crippen LogP contribution < -0.4 is 4.74 Å². The van der Waals surface area contributed by atoms with Gasteiger partial charge in [0.1, 0.15) is 11.9 Å². The van der Waals surface area contributed by atoms with Crippen molar-refractivity contribution in [2.45, 2.75) is 19.8 Å². The summed E-state index contributed by atoms with van der Waals surface area (Å²) in [5, 5.41) is 10.0. The van der Waals surface area contributed by atoms with E-state index in [9.17, 15) is 0 Å². The van der Waals surface area contributed by atoms with Crippen molar-refractivity contribution in [1.82, 2.24) is 15.4 Å². The molecular formula is C12H13N3O3. The Kier molecular flexibility index (Phi) is 5.28. The van der Waals surface area contributed by atoms with Gasteiger partial charge in [-0.15, -0.1) is 5.10 Å². The van der Waals surface area contributed by atoms with Crippen LogP contribution in [0.4, 0.5) is 0 Å². The predicted octanol–water partition coefficient (Wildman–Crippen LogP) is 2.14. The van der Waals surface area contributed by atoms with E-state index in [2.05, 4.69) is 35.3 Å². The van der Waals surface area contributed by atoms with Gasteiger partial charge in [0.15, 0.2) is 0 Å². The molecule has 1 heterocycles. The molecule has 6 heteroatoms. The van der Waals surface area contributed by atoms with E-state index in [1.807, 2.05) is 18.2 Å². The van der Waals surface area contributed by atoms with Crippen molar-refractivity contribution in [3.05, 3.63) is 36.0 Å². The summed E-state index contributed by atoms with van der Waals surface area (Å²) in [6.45, 7) is 4.30.